The number of benzene rings is 2. The monoisotopic (exact) mass is 557 g/mol. The number of halogens is 3. The first kappa shape index (κ1) is 26.4. The fourth-order valence-electron chi connectivity index (χ4n) is 4.25. The number of carbonyl (C=O) groups is 2. The van der Waals surface area contributed by atoms with Gasteiger partial charge in [-0.05, 0) is 24.6 Å². The van der Waals surface area contributed by atoms with Crippen molar-refractivity contribution in [1.82, 2.24) is 36.0 Å². The molecule has 0 bridgehead atoms. The van der Waals surface area contributed by atoms with Crippen molar-refractivity contribution in [3.63, 3.8) is 0 Å². The second-order valence-corrected chi connectivity index (χ2v) is 9.51. The van der Waals surface area contributed by atoms with Gasteiger partial charge in [-0.15, -0.1) is 10.2 Å². The van der Waals surface area contributed by atoms with Crippen LogP contribution >= 0.6 is 11.6 Å². The lowest BCUT2D eigenvalue weighted by molar-refractivity contribution is -0.147. The van der Waals surface area contributed by atoms with E-state index in [2.05, 4.69) is 31.2 Å². The molecule has 2 aromatic carbocycles. The van der Waals surface area contributed by atoms with Crippen LogP contribution < -0.4 is 10.6 Å². The first-order valence-corrected chi connectivity index (χ1v) is 12.1. The van der Waals surface area contributed by atoms with Gasteiger partial charge in [0.25, 0.3) is 11.8 Å². The van der Waals surface area contributed by atoms with E-state index in [0.29, 0.717) is 11.3 Å². The first-order valence-electron chi connectivity index (χ1n) is 11.8. The summed E-state index contributed by atoms with van der Waals surface area (Å²) in [6.45, 7) is 2.72. The third kappa shape index (κ3) is 4.74. The summed E-state index contributed by atoms with van der Waals surface area (Å²) < 4.78 is 42.1. The molecule has 11 nitrogen and oxygen atoms in total. The van der Waals surface area contributed by atoms with Gasteiger partial charge in [0.1, 0.15) is 5.82 Å². The molecule has 0 unspecified atom stereocenters. The summed E-state index contributed by atoms with van der Waals surface area (Å²) >= 11 is 6.48. The second-order valence-electron chi connectivity index (χ2n) is 9.13. The van der Waals surface area contributed by atoms with E-state index in [4.69, 9.17) is 20.9 Å². The lowest BCUT2D eigenvalue weighted by Gasteiger charge is -2.40. The number of nitrogens with zero attached hydrogens (tertiary/aromatic N) is 5. The molecule has 1 saturated heterocycles. The minimum absolute atomic E-state index is 0.0426. The highest BCUT2D eigenvalue weighted by molar-refractivity contribution is 6.34. The third-order valence-corrected chi connectivity index (χ3v) is 6.62. The average Bonchev–Trinajstić information content (AvgIpc) is 3.52. The fourth-order valence-corrected chi connectivity index (χ4v) is 4.56. The van der Waals surface area contributed by atoms with Crippen LogP contribution in [0.5, 0.6) is 0 Å². The van der Waals surface area contributed by atoms with Crippen molar-refractivity contribution in [3.05, 3.63) is 70.1 Å². The number of ether oxygens (including phenoxy) is 1. The summed E-state index contributed by atoms with van der Waals surface area (Å²) in [6.07, 6.45) is 0. The number of aryl methyl sites for hydroxylation is 2. The van der Waals surface area contributed by atoms with Crippen molar-refractivity contribution in [2.45, 2.75) is 25.4 Å². The Balaban J connectivity index is 1.51. The first-order chi connectivity index (χ1) is 18.6. The molecule has 4 aromatic rings. The molecule has 14 heteroatoms. The topological polar surface area (TPSA) is 137 Å². The number of carbonyl (C=O) groups excluding carboxylic acids is 2. The summed E-state index contributed by atoms with van der Waals surface area (Å²) in [7, 11) is 1.50. The van der Waals surface area contributed by atoms with Crippen molar-refractivity contribution in [3.8, 4) is 22.5 Å². The Morgan fingerprint density at radius 1 is 1.15 bits per heavy atom. The van der Waals surface area contributed by atoms with Gasteiger partial charge in [-0.1, -0.05) is 47.1 Å². The Hall–Kier alpha value is -4.23. The highest BCUT2D eigenvalue weighted by Gasteiger charge is 2.48. The maximum Gasteiger partial charge on any atom is 0.290 e. The van der Waals surface area contributed by atoms with Gasteiger partial charge in [0.2, 0.25) is 11.6 Å². The summed E-state index contributed by atoms with van der Waals surface area (Å²) in [6, 6.07) is 8.61. The zero-order valence-corrected chi connectivity index (χ0v) is 21.7. The third-order valence-electron chi connectivity index (χ3n) is 6.27. The number of amides is 2. The lowest BCUT2D eigenvalue weighted by atomic mass is 9.92. The molecule has 1 aliphatic heterocycles. The van der Waals surface area contributed by atoms with E-state index < -0.39 is 40.6 Å². The van der Waals surface area contributed by atoms with Crippen molar-refractivity contribution in [1.29, 1.82) is 0 Å². The van der Waals surface area contributed by atoms with Crippen molar-refractivity contribution < 1.29 is 27.6 Å². The van der Waals surface area contributed by atoms with E-state index in [-0.39, 0.29) is 40.9 Å². The molecular weight excluding hydrogens is 536 g/mol. The van der Waals surface area contributed by atoms with E-state index in [1.165, 1.54) is 20.0 Å². The molecule has 202 valence electrons. The Bertz CT molecular complexity index is 1570. The highest BCUT2D eigenvalue weighted by Crippen LogP contribution is 2.43. The van der Waals surface area contributed by atoms with Gasteiger partial charge in [-0.3, -0.25) is 9.59 Å². The standard InChI is InChI=1S/C25H22ClF2N7O4/c1-12-9-15(39-33-12)23(36)30-25(10-38-11-25)24(37)29-13(2)16-20(27)18(22-31-34-35(3)32-22)17(19(26)21(16)28)14-7-5-4-6-8-14/h4-9,13H,10-11H2,1-3H3,(H,29,37)(H,30,36)/t13-/m1/s1. The number of rotatable bonds is 7. The number of aromatic nitrogens is 5. The number of hydrogen-bond donors (Lipinski definition) is 2. The summed E-state index contributed by atoms with van der Waals surface area (Å²) in [4.78, 5) is 27.0. The molecule has 3 heterocycles. The quantitative estimate of drug-likeness (QED) is 0.331. The Labute approximate surface area is 225 Å². The zero-order valence-electron chi connectivity index (χ0n) is 21.0. The molecule has 2 aromatic heterocycles. The van der Waals surface area contributed by atoms with Crippen LogP contribution in [0.15, 0.2) is 40.9 Å². The Morgan fingerprint density at radius 2 is 1.87 bits per heavy atom. The summed E-state index contributed by atoms with van der Waals surface area (Å²) in [5.41, 5.74) is -1.21. The normalized spacial score (nSPS) is 14.9. The molecule has 1 fully saturated rings. The summed E-state index contributed by atoms with van der Waals surface area (Å²) in [5.74, 6) is -3.70. The molecule has 0 spiro atoms. The predicted molar refractivity (Wildman–Crippen MR) is 133 cm³/mol. The minimum Gasteiger partial charge on any atom is -0.375 e. The van der Waals surface area contributed by atoms with E-state index in [9.17, 15) is 9.59 Å². The SMILES string of the molecule is Cc1cc(C(=O)NC2(C(=O)N[C@H](C)c3c(F)c(Cl)c(-c4ccccc4)c(-c4nnn(C)n4)c3F)COC2)on1. The molecule has 2 N–H and O–H groups in total. The van der Waals surface area contributed by atoms with Gasteiger partial charge in [0, 0.05) is 17.2 Å². The van der Waals surface area contributed by atoms with Crippen LogP contribution in [0.3, 0.4) is 0 Å². The van der Waals surface area contributed by atoms with Crippen molar-refractivity contribution in [2.75, 3.05) is 13.2 Å². The Morgan fingerprint density at radius 3 is 2.44 bits per heavy atom. The lowest BCUT2D eigenvalue weighted by Crippen LogP contribution is -2.70. The van der Waals surface area contributed by atoms with Crippen LogP contribution in [0, 0.1) is 18.6 Å². The second kappa shape index (κ2) is 10.2. The molecular formula is C25H22ClF2N7O4. The van der Waals surface area contributed by atoms with Gasteiger partial charge in [0.15, 0.2) is 11.4 Å². The van der Waals surface area contributed by atoms with E-state index in [0.717, 1.165) is 4.80 Å². The molecule has 1 aliphatic rings. The molecule has 2 amide bonds. The van der Waals surface area contributed by atoms with Crippen LogP contribution in [0.4, 0.5) is 8.78 Å². The zero-order chi connectivity index (χ0) is 27.9. The van der Waals surface area contributed by atoms with E-state index in [1.54, 1.807) is 37.3 Å². The minimum atomic E-state index is -1.48. The molecule has 0 aliphatic carbocycles. The van der Waals surface area contributed by atoms with Crippen LogP contribution in [0.2, 0.25) is 5.02 Å². The Kier molecular flexibility index (Phi) is 6.87. The van der Waals surface area contributed by atoms with E-state index >= 15 is 8.78 Å². The molecule has 39 heavy (non-hydrogen) atoms. The average molecular weight is 558 g/mol. The fraction of sp³-hybridized carbons (Fsp3) is 0.280. The van der Waals surface area contributed by atoms with Crippen molar-refractivity contribution >= 4 is 23.4 Å². The van der Waals surface area contributed by atoms with E-state index in [1.807, 2.05) is 0 Å². The van der Waals surface area contributed by atoms with Gasteiger partial charge in [0.05, 0.1) is 42.6 Å². The number of tetrazole rings is 1. The maximum atomic E-state index is 16.2. The predicted octanol–water partition coefficient (Wildman–Crippen LogP) is 3.15. The molecule has 0 saturated carbocycles. The van der Waals surface area contributed by atoms with Crippen LogP contribution in [0.25, 0.3) is 22.5 Å². The van der Waals surface area contributed by atoms with Crippen molar-refractivity contribution in [2.24, 2.45) is 7.05 Å². The van der Waals surface area contributed by atoms with Gasteiger partial charge >= 0.3 is 0 Å². The van der Waals surface area contributed by atoms with Crippen LogP contribution in [-0.4, -0.2) is 55.9 Å². The molecule has 5 rings (SSSR count). The molecule has 0 radical (unpaired) electrons. The highest BCUT2D eigenvalue weighted by atomic mass is 35.5. The summed E-state index contributed by atoms with van der Waals surface area (Å²) in [5, 5.41) is 20.2. The molecule has 1 atom stereocenters. The maximum absolute atomic E-state index is 16.2. The number of nitrogens with one attached hydrogen (secondary N) is 2. The van der Waals surface area contributed by atoms with Crippen LogP contribution in [0.1, 0.15) is 34.8 Å². The van der Waals surface area contributed by atoms with Crippen LogP contribution in [-0.2, 0) is 16.6 Å². The van der Waals surface area contributed by atoms with Gasteiger partial charge < -0.3 is 19.9 Å². The largest absolute Gasteiger partial charge is 0.375 e. The smallest absolute Gasteiger partial charge is 0.290 e. The number of hydrogen-bond acceptors (Lipinski definition) is 8. The van der Waals surface area contributed by atoms with Gasteiger partial charge in [-0.25, -0.2) is 8.78 Å². The van der Waals surface area contributed by atoms with Gasteiger partial charge in [-0.2, -0.15) is 4.80 Å².